The summed E-state index contributed by atoms with van der Waals surface area (Å²) >= 11 is 0. The molecule has 1 aromatic rings. The van der Waals surface area contributed by atoms with Crippen molar-refractivity contribution in [3.05, 3.63) is 24.0 Å². The van der Waals surface area contributed by atoms with Crippen LogP contribution >= 0.6 is 0 Å². The molecule has 1 aliphatic rings. The van der Waals surface area contributed by atoms with Crippen LogP contribution in [0.2, 0.25) is 0 Å². The van der Waals surface area contributed by atoms with Crippen molar-refractivity contribution in [3.63, 3.8) is 0 Å². The van der Waals surface area contributed by atoms with E-state index in [4.69, 9.17) is 5.26 Å². The van der Waals surface area contributed by atoms with Crippen molar-refractivity contribution in [1.82, 2.24) is 9.71 Å². The van der Waals surface area contributed by atoms with Crippen LogP contribution in [0.1, 0.15) is 44.2 Å². The quantitative estimate of drug-likeness (QED) is 0.816. The molecule has 1 saturated carbocycles. The second kappa shape index (κ2) is 6.52. The molecule has 114 valence electrons. The maximum atomic E-state index is 12.3. The summed E-state index contributed by atoms with van der Waals surface area (Å²) in [6.45, 7) is -0.0326. The molecule has 0 saturated heterocycles. The number of hydrogen-bond donors (Lipinski definition) is 2. The molecule has 0 aromatic carbocycles. The first kappa shape index (κ1) is 15.9. The van der Waals surface area contributed by atoms with Crippen molar-refractivity contribution in [2.24, 2.45) is 0 Å². The predicted octanol–water partition coefficient (Wildman–Crippen LogP) is 1.32. The van der Waals surface area contributed by atoms with Crippen molar-refractivity contribution < 1.29 is 13.5 Å². The fourth-order valence-corrected chi connectivity index (χ4v) is 3.79. The summed E-state index contributed by atoms with van der Waals surface area (Å²) in [6, 6.07) is 4.57. The first-order chi connectivity index (χ1) is 9.97. The minimum absolute atomic E-state index is 0.0326. The van der Waals surface area contributed by atoms with Crippen LogP contribution in [0.3, 0.4) is 0 Å². The molecule has 0 amide bonds. The summed E-state index contributed by atoms with van der Waals surface area (Å²) in [5, 5.41) is 19.4. The first-order valence-corrected chi connectivity index (χ1v) is 8.52. The Hall–Kier alpha value is -1.49. The fourth-order valence-electron chi connectivity index (χ4n) is 2.56. The number of nitrogens with one attached hydrogen (secondary N) is 1. The molecular weight excluding hydrogens is 290 g/mol. The highest BCUT2D eigenvalue weighted by molar-refractivity contribution is 7.89. The standard InChI is InChI=1S/C14H19N3O3S/c15-10-12-13(6-5-9-16-12)21(19,20)17-11-14(18)7-3-1-2-4-8-14/h5-6,9,17-18H,1-4,7-8,11H2. The molecule has 7 heteroatoms. The zero-order valence-corrected chi connectivity index (χ0v) is 12.6. The molecule has 1 fully saturated rings. The highest BCUT2D eigenvalue weighted by atomic mass is 32.2. The van der Waals surface area contributed by atoms with Crippen LogP contribution in [0.5, 0.6) is 0 Å². The minimum atomic E-state index is -3.85. The summed E-state index contributed by atoms with van der Waals surface area (Å²) < 4.78 is 27.0. The van der Waals surface area contributed by atoms with Crippen LogP contribution in [0.4, 0.5) is 0 Å². The number of nitriles is 1. The summed E-state index contributed by atoms with van der Waals surface area (Å²) in [4.78, 5) is 3.60. The third-order valence-corrected chi connectivity index (χ3v) is 5.22. The lowest BCUT2D eigenvalue weighted by molar-refractivity contribution is 0.0303. The van der Waals surface area contributed by atoms with Gasteiger partial charge in [0.15, 0.2) is 5.69 Å². The van der Waals surface area contributed by atoms with Gasteiger partial charge in [0.05, 0.1) is 5.60 Å². The van der Waals surface area contributed by atoms with Crippen molar-refractivity contribution in [2.45, 2.75) is 49.0 Å². The largest absolute Gasteiger partial charge is 0.389 e. The van der Waals surface area contributed by atoms with Gasteiger partial charge < -0.3 is 5.11 Å². The number of aliphatic hydroxyl groups is 1. The lowest BCUT2D eigenvalue weighted by Crippen LogP contribution is -2.42. The molecule has 21 heavy (non-hydrogen) atoms. The van der Waals surface area contributed by atoms with Crippen LogP contribution in [-0.4, -0.2) is 30.7 Å². The Morgan fingerprint density at radius 2 is 2.00 bits per heavy atom. The smallest absolute Gasteiger partial charge is 0.243 e. The molecule has 0 bridgehead atoms. The average molecular weight is 309 g/mol. The van der Waals surface area contributed by atoms with E-state index in [2.05, 4.69) is 9.71 Å². The molecule has 0 spiro atoms. The number of hydrogen-bond acceptors (Lipinski definition) is 5. The Kier molecular flexibility index (Phi) is 4.93. The van der Waals surface area contributed by atoms with Crippen molar-refractivity contribution in [1.29, 1.82) is 5.26 Å². The highest BCUT2D eigenvalue weighted by Crippen LogP contribution is 2.26. The van der Waals surface area contributed by atoms with Gasteiger partial charge in [-0.2, -0.15) is 5.26 Å². The normalized spacial score (nSPS) is 18.7. The topological polar surface area (TPSA) is 103 Å². The van der Waals surface area contributed by atoms with Crippen LogP contribution in [-0.2, 0) is 10.0 Å². The lowest BCUT2D eigenvalue weighted by atomic mass is 9.95. The molecule has 2 N–H and O–H groups in total. The van der Waals surface area contributed by atoms with Gasteiger partial charge in [0.2, 0.25) is 10.0 Å². The van der Waals surface area contributed by atoms with E-state index in [1.54, 1.807) is 6.07 Å². The number of pyridine rings is 1. The number of rotatable bonds is 4. The van der Waals surface area contributed by atoms with Gasteiger partial charge in [-0.15, -0.1) is 0 Å². The van der Waals surface area contributed by atoms with Crippen LogP contribution in [0.15, 0.2) is 23.2 Å². The molecule has 6 nitrogen and oxygen atoms in total. The van der Waals surface area contributed by atoms with Gasteiger partial charge in [0, 0.05) is 12.7 Å². The molecule has 0 aliphatic heterocycles. The van der Waals surface area contributed by atoms with E-state index in [9.17, 15) is 13.5 Å². The van der Waals surface area contributed by atoms with Crippen molar-refractivity contribution >= 4 is 10.0 Å². The number of sulfonamides is 1. The molecule has 1 aliphatic carbocycles. The van der Waals surface area contributed by atoms with E-state index < -0.39 is 15.6 Å². The molecule has 2 rings (SSSR count). The average Bonchev–Trinajstić information content (AvgIpc) is 2.71. The van der Waals surface area contributed by atoms with Crippen LogP contribution < -0.4 is 4.72 Å². The van der Waals surface area contributed by atoms with E-state index in [0.717, 1.165) is 25.7 Å². The van der Waals surface area contributed by atoms with E-state index in [-0.39, 0.29) is 17.1 Å². The van der Waals surface area contributed by atoms with E-state index in [1.807, 2.05) is 0 Å². The van der Waals surface area contributed by atoms with Gasteiger partial charge in [-0.3, -0.25) is 0 Å². The Morgan fingerprint density at radius 1 is 1.33 bits per heavy atom. The van der Waals surface area contributed by atoms with E-state index in [1.165, 1.54) is 18.3 Å². The summed E-state index contributed by atoms with van der Waals surface area (Å²) in [7, 11) is -3.85. The zero-order valence-electron chi connectivity index (χ0n) is 11.7. The van der Waals surface area contributed by atoms with Gasteiger partial charge in [0.25, 0.3) is 0 Å². The van der Waals surface area contributed by atoms with E-state index in [0.29, 0.717) is 12.8 Å². The van der Waals surface area contributed by atoms with Crippen LogP contribution in [0, 0.1) is 11.3 Å². The Bertz CT molecular complexity index is 629. The lowest BCUT2D eigenvalue weighted by Gasteiger charge is -2.26. The van der Waals surface area contributed by atoms with Gasteiger partial charge >= 0.3 is 0 Å². The third-order valence-electron chi connectivity index (χ3n) is 3.79. The molecule has 0 radical (unpaired) electrons. The summed E-state index contributed by atoms with van der Waals surface area (Å²) in [5.74, 6) is 0. The SMILES string of the molecule is N#Cc1ncccc1S(=O)(=O)NCC1(O)CCCCCC1. The minimum Gasteiger partial charge on any atom is -0.389 e. The van der Waals surface area contributed by atoms with Gasteiger partial charge in [-0.25, -0.2) is 18.1 Å². The zero-order chi connectivity index (χ0) is 15.3. The summed E-state index contributed by atoms with van der Waals surface area (Å²) in [5.41, 5.74) is -1.14. The predicted molar refractivity (Wildman–Crippen MR) is 76.8 cm³/mol. The first-order valence-electron chi connectivity index (χ1n) is 7.04. The van der Waals surface area contributed by atoms with E-state index >= 15 is 0 Å². The Labute approximate surface area is 124 Å². The van der Waals surface area contributed by atoms with Crippen molar-refractivity contribution in [2.75, 3.05) is 6.54 Å². The van der Waals surface area contributed by atoms with Crippen LogP contribution in [0.25, 0.3) is 0 Å². The third kappa shape index (κ3) is 4.00. The maximum Gasteiger partial charge on any atom is 0.243 e. The van der Waals surface area contributed by atoms with Gasteiger partial charge in [-0.05, 0) is 25.0 Å². The Morgan fingerprint density at radius 3 is 2.62 bits per heavy atom. The number of nitrogens with zero attached hydrogens (tertiary/aromatic N) is 2. The maximum absolute atomic E-state index is 12.3. The molecule has 1 aromatic heterocycles. The van der Waals surface area contributed by atoms with Gasteiger partial charge in [0.1, 0.15) is 11.0 Å². The summed E-state index contributed by atoms with van der Waals surface area (Å²) in [6.07, 6.45) is 6.48. The number of aromatic nitrogens is 1. The molecular formula is C14H19N3O3S. The molecule has 1 heterocycles. The monoisotopic (exact) mass is 309 g/mol. The molecule has 0 unspecified atom stereocenters. The second-order valence-electron chi connectivity index (χ2n) is 5.43. The Balaban J connectivity index is 2.13. The molecule has 0 atom stereocenters. The second-order valence-corrected chi connectivity index (χ2v) is 7.16. The fraction of sp³-hybridized carbons (Fsp3) is 0.571. The highest BCUT2D eigenvalue weighted by Gasteiger charge is 2.30. The van der Waals surface area contributed by atoms with Crippen molar-refractivity contribution in [3.8, 4) is 6.07 Å². The van der Waals surface area contributed by atoms with Gasteiger partial charge in [-0.1, -0.05) is 25.7 Å².